The van der Waals surface area contributed by atoms with Crippen LogP contribution in [0.1, 0.15) is 0 Å². The summed E-state index contributed by atoms with van der Waals surface area (Å²) in [5, 5.41) is 18.6. The maximum absolute atomic E-state index is 10.3. The van der Waals surface area contributed by atoms with Crippen LogP contribution in [-0.4, -0.2) is 34.4 Å². The summed E-state index contributed by atoms with van der Waals surface area (Å²) >= 11 is -0.533. The van der Waals surface area contributed by atoms with Gasteiger partial charge in [0.15, 0.2) is 0 Å². The van der Waals surface area contributed by atoms with Gasteiger partial charge in [-0.3, -0.25) is 0 Å². The molecule has 0 N–H and O–H groups in total. The summed E-state index contributed by atoms with van der Waals surface area (Å²) in [6, 6.07) is 1.70. The molecule has 0 radical (unpaired) electrons. The summed E-state index contributed by atoms with van der Waals surface area (Å²) < 4.78 is 0.879. The van der Waals surface area contributed by atoms with E-state index in [2.05, 4.69) is 0 Å². The Morgan fingerprint density at radius 3 is 3.09 bits per heavy atom. The molecule has 0 atom stereocenters. The second-order valence-electron chi connectivity index (χ2n) is 1.54. The van der Waals surface area contributed by atoms with Gasteiger partial charge in [-0.15, -0.1) is 0 Å². The van der Waals surface area contributed by atoms with Gasteiger partial charge in [-0.05, 0) is 0 Å². The zero-order valence-corrected chi connectivity index (χ0v) is 8.61. The summed E-state index contributed by atoms with van der Waals surface area (Å²) in [6.07, 6.45) is 0. The van der Waals surface area contributed by atoms with Gasteiger partial charge in [0.25, 0.3) is 0 Å². The standard InChI is InChI=1S/C5H2N2O2Se2/c6-3-11-4-1-2-10-5(4)7(8)9/h1-2H. The summed E-state index contributed by atoms with van der Waals surface area (Å²) in [5.41, 5.74) is 0. The molecule has 0 spiro atoms. The molecular weight excluding hydrogens is 278 g/mol. The molecule has 0 saturated heterocycles. The van der Waals surface area contributed by atoms with E-state index in [1.165, 1.54) is 0 Å². The summed E-state index contributed by atoms with van der Waals surface area (Å²) in [7, 11) is 0. The van der Waals surface area contributed by atoms with Crippen molar-refractivity contribution in [3.05, 3.63) is 21.1 Å². The van der Waals surface area contributed by atoms with Crippen LogP contribution in [0.25, 0.3) is 0 Å². The van der Waals surface area contributed by atoms with Gasteiger partial charge in [-0.2, -0.15) is 0 Å². The zero-order valence-electron chi connectivity index (χ0n) is 5.18. The van der Waals surface area contributed by atoms with E-state index in [9.17, 15) is 10.1 Å². The molecule has 11 heavy (non-hydrogen) atoms. The summed E-state index contributed by atoms with van der Waals surface area (Å²) in [4.78, 5) is 13.7. The van der Waals surface area contributed by atoms with Crippen LogP contribution >= 0.6 is 0 Å². The van der Waals surface area contributed by atoms with E-state index in [0.717, 1.165) is 0 Å². The maximum atomic E-state index is 10.3. The number of nitro groups is 1. The van der Waals surface area contributed by atoms with E-state index in [1.54, 1.807) is 11.0 Å². The first kappa shape index (κ1) is 8.51. The molecular formula is C5H2N2O2Se2. The molecule has 0 aliphatic heterocycles. The molecule has 0 aliphatic carbocycles. The molecule has 0 saturated carbocycles. The van der Waals surface area contributed by atoms with Gasteiger partial charge in [0, 0.05) is 0 Å². The van der Waals surface area contributed by atoms with Crippen molar-refractivity contribution in [2.75, 3.05) is 0 Å². The Labute approximate surface area is 74.9 Å². The van der Waals surface area contributed by atoms with E-state index < -0.39 is 0 Å². The average Bonchev–Trinajstić information content (AvgIpc) is 2.36. The van der Waals surface area contributed by atoms with Crippen molar-refractivity contribution in [3.8, 4) is 4.97 Å². The zero-order chi connectivity index (χ0) is 8.27. The minimum atomic E-state index is -0.381. The number of hydrogen-bond acceptors (Lipinski definition) is 3. The first-order valence-corrected chi connectivity index (χ1v) is 6.09. The Hall–Kier alpha value is -0.591. The van der Waals surface area contributed by atoms with Crippen LogP contribution in [0.5, 0.6) is 0 Å². The van der Waals surface area contributed by atoms with E-state index in [-0.39, 0.29) is 38.9 Å². The molecule has 0 bridgehead atoms. The predicted molar refractivity (Wildman–Crippen MR) is 41.0 cm³/mol. The third-order valence-electron chi connectivity index (χ3n) is 0.931. The number of nitrogens with zero attached hydrogens (tertiary/aromatic N) is 2. The molecule has 6 heteroatoms. The van der Waals surface area contributed by atoms with Crippen LogP contribution in [0.4, 0.5) is 4.56 Å². The van der Waals surface area contributed by atoms with Gasteiger partial charge in [-0.1, -0.05) is 0 Å². The van der Waals surface area contributed by atoms with Crippen molar-refractivity contribution in [1.29, 1.82) is 5.26 Å². The summed E-state index contributed by atoms with van der Waals surface area (Å²) in [5.74, 6) is 0. The Kier molecular flexibility index (Phi) is 2.86. The van der Waals surface area contributed by atoms with Gasteiger partial charge < -0.3 is 0 Å². The molecule has 0 aliphatic rings. The van der Waals surface area contributed by atoms with Crippen LogP contribution in [0.3, 0.4) is 0 Å². The van der Waals surface area contributed by atoms with E-state index in [4.69, 9.17) is 5.26 Å². The molecule has 0 unspecified atom stereocenters. The molecule has 0 amide bonds. The number of nitriles is 1. The minimum absolute atomic E-state index is 0.155. The molecule has 1 heterocycles. The fraction of sp³-hybridized carbons (Fsp3) is 0. The third kappa shape index (κ3) is 1.92. The van der Waals surface area contributed by atoms with Crippen LogP contribution in [0, 0.1) is 20.3 Å². The Morgan fingerprint density at radius 1 is 1.82 bits per heavy atom. The second-order valence-corrected chi connectivity index (χ2v) is 5.15. The van der Waals surface area contributed by atoms with Gasteiger partial charge in [0.1, 0.15) is 0 Å². The van der Waals surface area contributed by atoms with Gasteiger partial charge in [0.05, 0.1) is 0 Å². The van der Waals surface area contributed by atoms with E-state index in [1.807, 2.05) is 4.97 Å². The Balaban J connectivity index is 2.98. The normalized spacial score (nSPS) is 9.00. The first-order chi connectivity index (χ1) is 5.25. The number of rotatable bonds is 2. The van der Waals surface area contributed by atoms with E-state index >= 15 is 0 Å². The van der Waals surface area contributed by atoms with Crippen molar-refractivity contribution in [2.24, 2.45) is 0 Å². The van der Waals surface area contributed by atoms with Crippen LogP contribution in [0.15, 0.2) is 11.0 Å². The van der Waals surface area contributed by atoms with E-state index in [0.29, 0.717) is 4.46 Å². The van der Waals surface area contributed by atoms with Gasteiger partial charge >= 0.3 is 74.8 Å². The van der Waals surface area contributed by atoms with Crippen molar-refractivity contribution in [3.63, 3.8) is 0 Å². The average molecular weight is 280 g/mol. The molecule has 1 rings (SSSR count). The van der Waals surface area contributed by atoms with Gasteiger partial charge in [-0.25, -0.2) is 0 Å². The fourth-order valence-electron chi connectivity index (χ4n) is 0.549. The summed E-state index contributed by atoms with van der Waals surface area (Å²) in [6.45, 7) is 0. The SMILES string of the molecule is N#C[Se]c1cc[se]c1[N+](=O)[O-]. The topological polar surface area (TPSA) is 66.9 Å². The van der Waals surface area contributed by atoms with Crippen LogP contribution in [-0.2, 0) is 0 Å². The van der Waals surface area contributed by atoms with Crippen molar-refractivity contribution in [1.82, 2.24) is 0 Å². The molecule has 1 aromatic heterocycles. The first-order valence-electron chi connectivity index (χ1n) is 2.53. The molecule has 4 nitrogen and oxygen atoms in total. The monoisotopic (exact) mass is 282 g/mol. The predicted octanol–water partition coefficient (Wildman–Crippen LogP) is -0.538. The van der Waals surface area contributed by atoms with Crippen molar-refractivity contribution >= 4 is 38.5 Å². The Morgan fingerprint density at radius 2 is 2.55 bits per heavy atom. The van der Waals surface area contributed by atoms with Gasteiger partial charge in [0.2, 0.25) is 0 Å². The van der Waals surface area contributed by atoms with Crippen molar-refractivity contribution < 1.29 is 4.92 Å². The molecule has 0 aromatic carbocycles. The van der Waals surface area contributed by atoms with Crippen LogP contribution < -0.4 is 4.46 Å². The second kappa shape index (κ2) is 3.70. The Bertz CT molecular complexity index is 315. The molecule has 0 fully saturated rings. The fourth-order valence-corrected chi connectivity index (χ4v) is 4.06. The molecule has 1 aromatic rings. The number of hydrogen-bond donors (Lipinski definition) is 0. The quantitative estimate of drug-likeness (QED) is 0.415. The van der Waals surface area contributed by atoms with Crippen molar-refractivity contribution in [2.45, 2.75) is 0 Å². The third-order valence-corrected chi connectivity index (χ3v) is 4.74. The molecule has 56 valence electrons. The van der Waals surface area contributed by atoms with Crippen LogP contribution in [0.2, 0.25) is 0 Å².